The van der Waals surface area contributed by atoms with Crippen LogP contribution in [0.25, 0.3) is 0 Å². The van der Waals surface area contributed by atoms with Gasteiger partial charge in [0.05, 0.1) is 0 Å². The van der Waals surface area contributed by atoms with E-state index in [0.29, 0.717) is 23.7 Å². The lowest BCUT2D eigenvalue weighted by Gasteiger charge is -2.25. The smallest absolute Gasteiger partial charge is 0.325 e. The minimum atomic E-state index is -0.923. The van der Waals surface area contributed by atoms with Gasteiger partial charge in [-0.3, -0.25) is 9.69 Å². The van der Waals surface area contributed by atoms with Crippen LogP contribution in [0.4, 0.5) is 0 Å². The van der Waals surface area contributed by atoms with E-state index >= 15 is 0 Å². The summed E-state index contributed by atoms with van der Waals surface area (Å²) >= 11 is 6.23. The van der Waals surface area contributed by atoms with Crippen molar-refractivity contribution < 1.29 is 15.0 Å². The third-order valence-corrected chi connectivity index (χ3v) is 5.07. The van der Waals surface area contributed by atoms with Gasteiger partial charge in [0.2, 0.25) is 0 Å². The van der Waals surface area contributed by atoms with Gasteiger partial charge in [-0.25, -0.2) is 0 Å². The fourth-order valence-electron chi connectivity index (χ4n) is 3.56. The quantitative estimate of drug-likeness (QED) is 0.873. The Balaban J connectivity index is 1.91. The highest BCUT2D eigenvalue weighted by molar-refractivity contribution is 6.31. The Labute approximate surface area is 146 Å². The standard InChI is InChI=1S/C19H20ClNO3/c20-17-9-5-4-8-15(17)18(19(23)24)21-10-14(12-22)16(11-21)13-6-2-1-3-7-13/h1-9,14,16,18,22H,10-12H2,(H,23,24). The van der Waals surface area contributed by atoms with Crippen LogP contribution in [0.15, 0.2) is 54.6 Å². The predicted octanol–water partition coefficient (Wildman–Crippen LogP) is 3.17. The molecule has 2 aromatic rings. The maximum Gasteiger partial charge on any atom is 0.325 e. The van der Waals surface area contributed by atoms with E-state index in [1.807, 2.05) is 35.2 Å². The zero-order valence-corrected chi connectivity index (χ0v) is 13.9. The van der Waals surface area contributed by atoms with Crippen LogP contribution in [0.3, 0.4) is 0 Å². The van der Waals surface area contributed by atoms with Gasteiger partial charge in [0.1, 0.15) is 6.04 Å². The number of aliphatic carboxylic acids is 1. The summed E-state index contributed by atoms with van der Waals surface area (Å²) in [5.74, 6) is -0.800. The molecule has 0 saturated carbocycles. The van der Waals surface area contributed by atoms with Crippen LogP contribution in [-0.2, 0) is 4.79 Å². The molecule has 24 heavy (non-hydrogen) atoms. The fraction of sp³-hybridized carbons (Fsp3) is 0.316. The lowest BCUT2D eigenvalue weighted by Crippen LogP contribution is -2.33. The third kappa shape index (κ3) is 3.31. The van der Waals surface area contributed by atoms with Gasteiger partial charge < -0.3 is 10.2 Å². The maximum atomic E-state index is 11.9. The van der Waals surface area contributed by atoms with E-state index in [9.17, 15) is 15.0 Å². The number of aliphatic hydroxyl groups is 1. The van der Waals surface area contributed by atoms with Crippen LogP contribution in [0.5, 0.6) is 0 Å². The summed E-state index contributed by atoms with van der Waals surface area (Å²) in [6.07, 6.45) is 0. The molecule has 1 saturated heterocycles. The maximum absolute atomic E-state index is 11.9. The molecule has 126 valence electrons. The summed E-state index contributed by atoms with van der Waals surface area (Å²) in [6, 6.07) is 16.2. The molecule has 0 aliphatic carbocycles. The molecule has 3 rings (SSSR count). The molecular formula is C19H20ClNO3. The van der Waals surface area contributed by atoms with Gasteiger partial charge in [-0.05, 0) is 17.2 Å². The summed E-state index contributed by atoms with van der Waals surface area (Å²) < 4.78 is 0. The second-order valence-corrected chi connectivity index (χ2v) is 6.58. The normalized spacial score (nSPS) is 22.4. The van der Waals surface area contributed by atoms with E-state index in [1.54, 1.807) is 24.3 Å². The van der Waals surface area contributed by atoms with Crippen molar-refractivity contribution in [1.29, 1.82) is 0 Å². The fourth-order valence-corrected chi connectivity index (χ4v) is 3.80. The number of hydrogen-bond donors (Lipinski definition) is 2. The number of carbonyl (C=O) groups is 1. The number of hydrogen-bond acceptors (Lipinski definition) is 3. The van der Waals surface area contributed by atoms with E-state index in [0.717, 1.165) is 5.56 Å². The van der Waals surface area contributed by atoms with Crippen LogP contribution in [-0.4, -0.2) is 40.8 Å². The number of carboxylic acid groups (broad SMARTS) is 1. The monoisotopic (exact) mass is 345 g/mol. The molecule has 1 aliphatic rings. The molecular weight excluding hydrogens is 326 g/mol. The molecule has 0 bridgehead atoms. The summed E-state index contributed by atoms with van der Waals surface area (Å²) in [5.41, 5.74) is 1.72. The van der Waals surface area contributed by atoms with Gasteiger partial charge in [-0.15, -0.1) is 0 Å². The van der Waals surface area contributed by atoms with E-state index in [-0.39, 0.29) is 18.4 Å². The topological polar surface area (TPSA) is 60.8 Å². The molecule has 2 aromatic carbocycles. The van der Waals surface area contributed by atoms with E-state index in [4.69, 9.17) is 11.6 Å². The Kier molecular flexibility index (Phi) is 5.19. The Morgan fingerprint density at radius 3 is 2.42 bits per heavy atom. The molecule has 0 spiro atoms. The van der Waals surface area contributed by atoms with Crippen molar-refractivity contribution in [2.45, 2.75) is 12.0 Å². The van der Waals surface area contributed by atoms with Gasteiger partial charge >= 0.3 is 5.97 Å². The number of rotatable bonds is 5. The minimum Gasteiger partial charge on any atom is -0.480 e. The molecule has 1 aliphatic heterocycles. The molecule has 1 fully saturated rings. The third-order valence-electron chi connectivity index (χ3n) is 4.73. The molecule has 1 heterocycles. The number of likely N-dealkylation sites (tertiary alicyclic amines) is 1. The lowest BCUT2D eigenvalue weighted by molar-refractivity contribution is -0.143. The van der Waals surface area contributed by atoms with Gasteiger partial charge in [-0.1, -0.05) is 60.1 Å². The van der Waals surface area contributed by atoms with E-state index in [2.05, 4.69) is 0 Å². The number of nitrogens with zero attached hydrogens (tertiary/aromatic N) is 1. The number of benzene rings is 2. The zero-order chi connectivity index (χ0) is 17.1. The van der Waals surface area contributed by atoms with Crippen LogP contribution < -0.4 is 0 Å². The van der Waals surface area contributed by atoms with Crippen molar-refractivity contribution >= 4 is 17.6 Å². The van der Waals surface area contributed by atoms with Crippen molar-refractivity contribution in [3.63, 3.8) is 0 Å². The number of aliphatic hydroxyl groups excluding tert-OH is 1. The van der Waals surface area contributed by atoms with Crippen molar-refractivity contribution in [2.24, 2.45) is 5.92 Å². The second-order valence-electron chi connectivity index (χ2n) is 6.18. The van der Waals surface area contributed by atoms with Crippen LogP contribution in [0, 0.1) is 5.92 Å². The first-order valence-corrected chi connectivity index (χ1v) is 8.36. The number of halogens is 1. The van der Waals surface area contributed by atoms with Gasteiger partial charge in [0, 0.05) is 36.6 Å². The molecule has 4 nitrogen and oxygen atoms in total. The first-order chi connectivity index (χ1) is 11.6. The second kappa shape index (κ2) is 7.34. The summed E-state index contributed by atoms with van der Waals surface area (Å²) in [6.45, 7) is 1.14. The number of carboxylic acids is 1. The Hall–Kier alpha value is -1.88. The van der Waals surface area contributed by atoms with Gasteiger partial charge in [0.25, 0.3) is 0 Å². The summed E-state index contributed by atoms with van der Waals surface area (Å²) in [5, 5.41) is 20.0. The SMILES string of the molecule is O=C(O)C(c1ccccc1Cl)N1CC(CO)C(c2ccccc2)C1. The molecule has 3 unspecified atom stereocenters. The zero-order valence-electron chi connectivity index (χ0n) is 13.2. The highest BCUT2D eigenvalue weighted by atomic mass is 35.5. The van der Waals surface area contributed by atoms with E-state index < -0.39 is 12.0 Å². The van der Waals surface area contributed by atoms with Crippen molar-refractivity contribution in [3.05, 3.63) is 70.7 Å². The van der Waals surface area contributed by atoms with Gasteiger partial charge in [-0.2, -0.15) is 0 Å². The Morgan fingerprint density at radius 2 is 1.79 bits per heavy atom. The molecule has 3 atom stereocenters. The average Bonchev–Trinajstić information content (AvgIpc) is 3.01. The Morgan fingerprint density at radius 1 is 1.12 bits per heavy atom. The predicted molar refractivity (Wildman–Crippen MR) is 93.2 cm³/mol. The van der Waals surface area contributed by atoms with Crippen molar-refractivity contribution in [1.82, 2.24) is 4.90 Å². The minimum absolute atomic E-state index is 0.0109. The molecule has 0 radical (unpaired) electrons. The first-order valence-electron chi connectivity index (χ1n) is 7.99. The van der Waals surface area contributed by atoms with Crippen LogP contribution >= 0.6 is 11.6 Å². The average molecular weight is 346 g/mol. The highest BCUT2D eigenvalue weighted by Gasteiger charge is 2.40. The van der Waals surface area contributed by atoms with Crippen LogP contribution in [0.2, 0.25) is 5.02 Å². The Bertz CT molecular complexity index is 707. The van der Waals surface area contributed by atoms with Gasteiger partial charge in [0.15, 0.2) is 0 Å². The van der Waals surface area contributed by atoms with Crippen molar-refractivity contribution in [3.8, 4) is 0 Å². The molecule has 0 aromatic heterocycles. The molecule has 2 N–H and O–H groups in total. The lowest BCUT2D eigenvalue weighted by atomic mass is 9.90. The molecule has 5 heteroatoms. The highest BCUT2D eigenvalue weighted by Crippen LogP contribution is 2.38. The van der Waals surface area contributed by atoms with Crippen molar-refractivity contribution in [2.75, 3.05) is 19.7 Å². The van der Waals surface area contributed by atoms with Crippen LogP contribution in [0.1, 0.15) is 23.1 Å². The first kappa shape index (κ1) is 17.0. The molecule has 0 amide bonds. The largest absolute Gasteiger partial charge is 0.480 e. The summed E-state index contributed by atoms with van der Waals surface area (Å²) in [7, 11) is 0. The summed E-state index contributed by atoms with van der Waals surface area (Å²) in [4.78, 5) is 13.8. The van der Waals surface area contributed by atoms with E-state index in [1.165, 1.54) is 0 Å².